The number of amides is 3. The molecule has 190 valence electrons. The van der Waals surface area contributed by atoms with Crippen molar-refractivity contribution in [3.05, 3.63) is 48.0 Å². The van der Waals surface area contributed by atoms with Crippen LogP contribution in [0.25, 0.3) is 0 Å². The van der Waals surface area contributed by atoms with Crippen LogP contribution in [0.3, 0.4) is 0 Å². The second kappa shape index (κ2) is 10.6. The van der Waals surface area contributed by atoms with Crippen LogP contribution in [0.4, 0.5) is 17.1 Å². The van der Waals surface area contributed by atoms with E-state index in [-0.39, 0.29) is 30.3 Å². The molecule has 2 saturated heterocycles. The van der Waals surface area contributed by atoms with Crippen LogP contribution in [-0.2, 0) is 9.59 Å². The number of para-hydroxylation sites is 2. The van der Waals surface area contributed by atoms with Gasteiger partial charge < -0.3 is 19.9 Å². The highest BCUT2D eigenvalue weighted by molar-refractivity contribution is 6.11. The molecule has 0 bridgehead atoms. The van der Waals surface area contributed by atoms with E-state index in [2.05, 4.69) is 10.2 Å². The summed E-state index contributed by atoms with van der Waals surface area (Å²) >= 11 is 0. The van der Waals surface area contributed by atoms with Crippen molar-refractivity contribution in [2.24, 2.45) is 0 Å². The van der Waals surface area contributed by atoms with E-state index in [0.29, 0.717) is 29.3 Å². The van der Waals surface area contributed by atoms with Crippen LogP contribution in [0, 0.1) is 0 Å². The minimum Gasteiger partial charge on any atom is -0.492 e. The summed E-state index contributed by atoms with van der Waals surface area (Å²) in [6, 6.07) is 12.6. The number of anilines is 3. The second-order valence-corrected chi connectivity index (χ2v) is 9.66. The second-order valence-electron chi connectivity index (χ2n) is 9.66. The quantitative estimate of drug-likeness (QED) is 0.661. The summed E-state index contributed by atoms with van der Waals surface area (Å²) in [5.41, 5.74) is 2.68. The lowest BCUT2D eigenvalue weighted by Crippen LogP contribution is -2.56. The van der Waals surface area contributed by atoms with Gasteiger partial charge in [0.15, 0.2) is 0 Å². The first-order valence-electron chi connectivity index (χ1n) is 13.1. The molecule has 0 aliphatic carbocycles. The molecule has 3 aliphatic rings. The van der Waals surface area contributed by atoms with Crippen LogP contribution in [0.2, 0.25) is 0 Å². The molecule has 0 radical (unpaired) electrons. The molecule has 0 saturated carbocycles. The van der Waals surface area contributed by atoms with Crippen LogP contribution in [0.5, 0.6) is 5.75 Å². The van der Waals surface area contributed by atoms with Gasteiger partial charge in [0, 0.05) is 25.2 Å². The van der Waals surface area contributed by atoms with Crippen molar-refractivity contribution in [3.63, 3.8) is 0 Å². The number of likely N-dealkylation sites (tertiary alicyclic amines) is 1. The van der Waals surface area contributed by atoms with Crippen LogP contribution >= 0.6 is 0 Å². The minimum absolute atomic E-state index is 0.0132. The van der Waals surface area contributed by atoms with Crippen molar-refractivity contribution in [3.8, 4) is 5.75 Å². The fourth-order valence-electron chi connectivity index (χ4n) is 5.52. The molecule has 36 heavy (non-hydrogen) atoms. The van der Waals surface area contributed by atoms with Gasteiger partial charge in [-0.1, -0.05) is 12.1 Å². The molecule has 8 heteroatoms. The predicted molar refractivity (Wildman–Crippen MR) is 140 cm³/mol. The number of ether oxygens (including phenoxy) is 1. The first-order chi connectivity index (χ1) is 17.6. The van der Waals surface area contributed by atoms with Crippen LogP contribution < -0.4 is 19.9 Å². The number of nitrogens with zero attached hydrogens (tertiary/aromatic N) is 3. The maximum Gasteiger partial charge on any atom is 0.253 e. The first-order valence-corrected chi connectivity index (χ1v) is 13.1. The van der Waals surface area contributed by atoms with Gasteiger partial charge in [-0.05, 0) is 75.8 Å². The van der Waals surface area contributed by atoms with Crippen molar-refractivity contribution in [2.75, 3.05) is 47.9 Å². The fourth-order valence-corrected chi connectivity index (χ4v) is 5.52. The predicted octanol–water partition coefficient (Wildman–Crippen LogP) is 4.06. The summed E-state index contributed by atoms with van der Waals surface area (Å²) in [5.74, 6) is 0.184. The molecular formula is C28H34N4O4. The summed E-state index contributed by atoms with van der Waals surface area (Å²) in [5, 5.41) is 2.91. The Morgan fingerprint density at radius 3 is 2.56 bits per heavy atom. The van der Waals surface area contributed by atoms with Gasteiger partial charge in [0.05, 0.1) is 23.7 Å². The topological polar surface area (TPSA) is 82.2 Å². The minimum atomic E-state index is -0.307. The van der Waals surface area contributed by atoms with Gasteiger partial charge in [-0.15, -0.1) is 0 Å². The highest BCUT2D eigenvalue weighted by atomic mass is 16.5. The first kappa shape index (κ1) is 24.2. The molecule has 1 N–H and O–H groups in total. The monoisotopic (exact) mass is 490 g/mol. The van der Waals surface area contributed by atoms with Gasteiger partial charge in [-0.25, -0.2) is 0 Å². The molecule has 2 aromatic rings. The van der Waals surface area contributed by atoms with Crippen LogP contribution in [0.1, 0.15) is 55.8 Å². The zero-order chi connectivity index (χ0) is 25.1. The summed E-state index contributed by atoms with van der Waals surface area (Å²) in [6.45, 7) is 4.56. The van der Waals surface area contributed by atoms with Crippen molar-refractivity contribution < 1.29 is 19.1 Å². The number of hydrogen-bond donors (Lipinski definition) is 1. The van der Waals surface area contributed by atoms with Crippen LogP contribution in [-0.4, -0.2) is 61.4 Å². The van der Waals surface area contributed by atoms with E-state index < -0.39 is 0 Å². The Labute approximate surface area is 212 Å². The molecular weight excluding hydrogens is 456 g/mol. The van der Waals surface area contributed by atoms with E-state index in [1.165, 1.54) is 0 Å². The number of piperidine rings is 2. The van der Waals surface area contributed by atoms with Gasteiger partial charge in [-0.2, -0.15) is 0 Å². The Kier molecular flexibility index (Phi) is 7.11. The number of nitrogens with one attached hydrogen (secondary N) is 1. The lowest BCUT2D eigenvalue weighted by Gasteiger charge is -2.45. The van der Waals surface area contributed by atoms with Gasteiger partial charge in [0.2, 0.25) is 11.8 Å². The molecule has 1 atom stereocenters. The molecule has 3 aliphatic heterocycles. The Balaban J connectivity index is 1.44. The lowest BCUT2D eigenvalue weighted by atomic mass is 9.95. The number of hydrogen-bond acceptors (Lipinski definition) is 5. The summed E-state index contributed by atoms with van der Waals surface area (Å²) < 4.78 is 5.63. The van der Waals surface area contributed by atoms with E-state index in [0.717, 1.165) is 63.8 Å². The van der Waals surface area contributed by atoms with Gasteiger partial charge in [0.25, 0.3) is 5.91 Å². The summed E-state index contributed by atoms with van der Waals surface area (Å²) in [7, 11) is 0. The number of carbonyl (C=O) groups is 3. The highest BCUT2D eigenvalue weighted by Crippen LogP contribution is 2.40. The normalized spacial score (nSPS) is 19.4. The Morgan fingerprint density at radius 2 is 1.75 bits per heavy atom. The zero-order valence-corrected chi connectivity index (χ0v) is 20.9. The van der Waals surface area contributed by atoms with E-state index in [1.807, 2.05) is 36.1 Å². The molecule has 1 unspecified atom stereocenters. The average Bonchev–Trinajstić information content (AvgIpc) is 2.92. The maximum absolute atomic E-state index is 13.6. The lowest BCUT2D eigenvalue weighted by molar-refractivity contribution is -0.123. The Morgan fingerprint density at radius 1 is 0.972 bits per heavy atom. The molecule has 0 aromatic heterocycles. The summed E-state index contributed by atoms with van der Waals surface area (Å²) in [4.78, 5) is 45.7. The molecule has 2 aromatic carbocycles. The number of rotatable bonds is 6. The molecule has 2 fully saturated rings. The third-order valence-electron chi connectivity index (χ3n) is 7.28. The third kappa shape index (κ3) is 4.76. The number of fused-ring (bicyclic) bond motifs is 3. The van der Waals surface area contributed by atoms with E-state index in [1.54, 1.807) is 23.1 Å². The van der Waals surface area contributed by atoms with E-state index in [4.69, 9.17) is 4.74 Å². The van der Waals surface area contributed by atoms with Crippen LogP contribution in [0.15, 0.2) is 42.5 Å². The molecule has 0 spiro atoms. The van der Waals surface area contributed by atoms with E-state index in [9.17, 15) is 14.4 Å². The molecule has 3 heterocycles. The van der Waals surface area contributed by atoms with Gasteiger partial charge in [-0.3, -0.25) is 19.3 Å². The standard InChI is InChI=1S/C28H34N4O4/c1-2-36-25-12-5-4-10-21(25)29-26(33)19-32-24-18-20(27(34)30-15-7-3-8-16-30)13-14-22(24)31-17-9-6-11-23(31)28(32)35/h4-5,10,12-14,18,23H,2-3,6-9,11,15-17,19H2,1H3,(H,29,33). The molecule has 5 rings (SSSR count). The smallest absolute Gasteiger partial charge is 0.253 e. The third-order valence-corrected chi connectivity index (χ3v) is 7.28. The largest absolute Gasteiger partial charge is 0.492 e. The number of benzene rings is 2. The zero-order valence-electron chi connectivity index (χ0n) is 20.9. The number of carbonyl (C=O) groups excluding carboxylic acids is 3. The highest BCUT2D eigenvalue weighted by Gasteiger charge is 2.40. The average molecular weight is 491 g/mol. The maximum atomic E-state index is 13.6. The van der Waals surface area contributed by atoms with Gasteiger partial charge >= 0.3 is 0 Å². The van der Waals surface area contributed by atoms with E-state index >= 15 is 0 Å². The SMILES string of the molecule is CCOc1ccccc1NC(=O)CN1C(=O)C2CCCCN2c2ccc(C(=O)N3CCCCC3)cc21. The van der Waals surface area contributed by atoms with Gasteiger partial charge in [0.1, 0.15) is 18.3 Å². The Hall–Kier alpha value is -3.55. The molecule has 3 amide bonds. The van der Waals surface area contributed by atoms with Crippen molar-refractivity contribution in [1.29, 1.82) is 0 Å². The van der Waals surface area contributed by atoms with Crippen molar-refractivity contribution >= 4 is 34.8 Å². The Bertz CT molecular complexity index is 1140. The molecule has 8 nitrogen and oxygen atoms in total. The van der Waals surface area contributed by atoms with Crippen molar-refractivity contribution in [2.45, 2.75) is 51.5 Å². The summed E-state index contributed by atoms with van der Waals surface area (Å²) in [6.07, 6.45) is 5.94. The fraction of sp³-hybridized carbons (Fsp3) is 0.464. The van der Waals surface area contributed by atoms with Crippen molar-refractivity contribution in [1.82, 2.24) is 4.90 Å².